The van der Waals surface area contributed by atoms with Gasteiger partial charge in [-0.3, -0.25) is 19.1 Å². The molecule has 31 heavy (non-hydrogen) atoms. The van der Waals surface area contributed by atoms with Gasteiger partial charge in [-0.2, -0.15) is 0 Å². The van der Waals surface area contributed by atoms with Crippen LogP contribution in [-0.2, 0) is 11.3 Å². The third-order valence-corrected chi connectivity index (χ3v) is 4.98. The minimum Gasteiger partial charge on any atom is -0.502 e. The summed E-state index contributed by atoms with van der Waals surface area (Å²) in [5, 5.41) is 12.0. The van der Waals surface area contributed by atoms with Crippen molar-refractivity contribution in [2.45, 2.75) is 6.54 Å². The van der Waals surface area contributed by atoms with Gasteiger partial charge in [-0.25, -0.2) is 8.78 Å². The number of nitrogens with one attached hydrogen (secondary N) is 2. The number of carbonyl (C=O) groups is 2. The van der Waals surface area contributed by atoms with Gasteiger partial charge >= 0.3 is 0 Å². The Morgan fingerprint density at radius 3 is 2.81 bits per heavy atom. The zero-order valence-corrected chi connectivity index (χ0v) is 17.1. The molecule has 0 saturated heterocycles. The van der Waals surface area contributed by atoms with Crippen LogP contribution in [0, 0.1) is 11.6 Å². The van der Waals surface area contributed by atoms with Crippen LogP contribution in [0.4, 0.5) is 8.78 Å². The van der Waals surface area contributed by atoms with Gasteiger partial charge in [0.2, 0.25) is 5.43 Å². The monoisotopic (exact) mass is 456 g/mol. The van der Waals surface area contributed by atoms with E-state index in [2.05, 4.69) is 10.7 Å². The summed E-state index contributed by atoms with van der Waals surface area (Å²) < 4.78 is 33.7. The molecule has 0 unspecified atom stereocenters. The molecule has 2 aromatic rings. The molecule has 0 saturated carbocycles. The van der Waals surface area contributed by atoms with Crippen molar-refractivity contribution in [3.05, 3.63) is 62.0 Å². The standard InChI is InChI=1S/C19H19ClF2N4O5/c1-25-5-7-31-6-4-24-26-9-11(16(27)17(28)15(26)19(25)30)18(29)23-8-10-2-3-12(21)13(20)14(10)22/h2-3,9,24,28H,4-8H2,1H3,(H,23,29). The van der Waals surface area contributed by atoms with Crippen LogP contribution in [0.25, 0.3) is 0 Å². The molecule has 1 aliphatic heterocycles. The Balaban J connectivity index is 1.92. The summed E-state index contributed by atoms with van der Waals surface area (Å²) in [7, 11) is 1.48. The molecule has 2 amide bonds. The molecule has 1 aromatic carbocycles. The summed E-state index contributed by atoms with van der Waals surface area (Å²) >= 11 is 5.52. The molecule has 1 aliphatic rings. The first-order valence-electron chi connectivity index (χ1n) is 9.18. The van der Waals surface area contributed by atoms with E-state index >= 15 is 0 Å². The second-order valence-corrected chi connectivity index (χ2v) is 7.08. The Hall–Kier alpha value is -3.18. The van der Waals surface area contributed by atoms with E-state index < -0.39 is 51.8 Å². The third kappa shape index (κ3) is 4.62. The zero-order chi connectivity index (χ0) is 22.7. The van der Waals surface area contributed by atoms with Crippen molar-refractivity contribution in [3.8, 4) is 5.75 Å². The molecule has 0 bridgehead atoms. The lowest BCUT2D eigenvalue weighted by molar-refractivity contribution is 0.0677. The van der Waals surface area contributed by atoms with Gasteiger partial charge in [0.1, 0.15) is 22.2 Å². The fraction of sp³-hybridized carbons (Fsp3) is 0.316. The minimum absolute atomic E-state index is 0.102. The van der Waals surface area contributed by atoms with Crippen LogP contribution in [-0.4, -0.2) is 59.8 Å². The smallest absolute Gasteiger partial charge is 0.276 e. The number of rotatable bonds is 3. The highest BCUT2D eigenvalue weighted by atomic mass is 35.5. The fourth-order valence-electron chi connectivity index (χ4n) is 2.89. The summed E-state index contributed by atoms with van der Waals surface area (Å²) in [6.07, 6.45) is 1.06. The lowest BCUT2D eigenvalue weighted by Crippen LogP contribution is -2.39. The molecule has 0 fully saturated rings. The Bertz CT molecular complexity index is 1090. The number of likely N-dealkylation sites (N-methyl/N-ethyl adjacent to an activating group) is 1. The number of hydrogen-bond acceptors (Lipinski definition) is 6. The molecule has 0 spiro atoms. The van der Waals surface area contributed by atoms with Crippen molar-refractivity contribution in [1.29, 1.82) is 0 Å². The van der Waals surface area contributed by atoms with Crippen LogP contribution in [0.15, 0.2) is 23.1 Å². The molecule has 1 aromatic heterocycles. The van der Waals surface area contributed by atoms with Gasteiger partial charge in [0.05, 0.1) is 19.8 Å². The number of pyridine rings is 1. The maximum Gasteiger partial charge on any atom is 0.276 e. The maximum atomic E-state index is 14.0. The Morgan fingerprint density at radius 1 is 1.32 bits per heavy atom. The summed E-state index contributed by atoms with van der Waals surface area (Å²) in [6.45, 7) is 0.628. The van der Waals surface area contributed by atoms with E-state index in [1.807, 2.05) is 0 Å². The van der Waals surface area contributed by atoms with Crippen molar-refractivity contribution >= 4 is 23.4 Å². The molecule has 0 atom stereocenters. The molecule has 3 N–H and O–H groups in total. The van der Waals surface area contributed by atoms with Crippen LogP contribution in [0.3, 0.4) is 0 Å². The van der Waals surface area contributed by atoms with Gasteiger partial charge in [-0.15, -0.1) is 0 Å². The normalized spacial score (nSPS) is 14.6. The summed E-state index contributed by atoms with van der Waals surface area (Å²) in [5.41, 5.74) is 0.796. The van der Waals surface area contributed by atoms with E-state index in [9.17, 15) is 28.3 Å². The van der Waals surface area contributed by atoms with Crippen molar-refractivity contribution in [2.75, 3.05) is 38.8 Å². The Morgan fingerprint density at radius 2 is 2.06 bits per heavy atom. The van der Waals surface area contributed by atoms with Gasteiger partial charge in [-0.05, 0) is 6.07 Å². The van der Waals surface area contributed by atoms with E-state index in [1.165, 1.54) is 11.9 Å². The number of carbonyl (C=O) groups excluding carboxylic acids is 2. The molecular formula is C19H19ClF2N4O5. The number of hydrogen-bond donors (Lipinski definition) is 3. The van der Waals surface area contributed by atoms with Crippen LogP contribution in [0.2, 0.25) is 5.02 Å². The topological polar surface area (TPSA) is 113 Å². The van der Waals surface area contributed by atoms with E-state index in [0.717, 1.165) is 23.0 Å². The molecule has 0 radical (unpaired) electrons. The maximum absolute atomic E-state index is 14.0. The molecule has 0 aliphatic carbocycles. The lowest BCUT2D eigenvalue weighted by Gasteiger charge is -2.24. The van der Waals surface area contributed by atoms with E-state index in [-0.39, 0.29) is 37.6 Å². The molecular weight excluding hydrogens is 438 g/mol. The predicted octanol–water partition coefficient (Wildman–Crippen LogP) is 1.06. The number of fused-ring (bicyclic) bond motifs is 1. The first-order chi connectivity index (χ1) is 14.7. The van der Waals surface area contributed by atoms with E-state index in [0.29, 0.717) is 0 Å². The van der Waals surface area contributed by atoms with Crippen molar-refractivity contribution < 1.29 is 28.2 Å². The molecule has 2 heterocycles. The predicted molar refractivity (Wildman–Crippen MR) is 107 cm³/mol. The summed E-state index contributed by atoms with van der Waals surface area (Å²) in [5.74, 6) is -4.48. The highest BCUT2D eigenvalue weighted by molar-refractivity contribution is 6.30. The molecule has 12 heteroatoms. The van der Waals surface area contributed by atoms with Crippen LogP contribution in [0.5, 0.6) is 5.75 Å². The highest BCUT2D eigenvalue weighted by Crippen LogP contribution is 2.22. The number of amides is 2. The third-order valence-electron chi connectivity index (χ3n) is 4.63. The second-order valence-electron chi connectivity index (χ2n) is 6.70. The fourth-order valence-corrected chi connectivity index (χ4v) is 3.07. The van der Waals surface area contributed by atoms with E-state index in [4.69, 9.17) is 16.3 Å². The van der Waals surface area contributed by atoms with Gasteiger partial charge in [-0.1, -0.05) is 17.7 Å². The summed E-state index contributed by atoms with van der Waals surface area (Å²) in [6, 6.07) is 2.04. The Kier molecular flexibility index (Phi) is 6.76. The van der Waals surface area contributed by atoms with Gasteiger partial charge in [0, 0.05) is 31.9 Å². The largest absolute Gasteiger partial charge is 0.502 e. The lowest BCUT2D eigenvalue weighted by atomic mass is 10.1. The number of aromatic hydroxyl groups is 1. The van der Waals surface area contributed by atoms with Crippen molar-refractivity contribution in [2.24, 2.45) is 0 Å². The molecule has 9 nitrogen and oxygen atoms in total. The quantitative estimate of drug-likeness (QED) is 0.595. The average molecular weight is 457 g/mol. The van der Waals surface area contributed by atoms with Crippen LogP contribution >= 0.6 is 11.6 Å². The van der Waals surface area contributed by atoms with Crippen LogP contribution in [0.1, 0.15) is 26.4 Å². The second kappa shape index (κ2) is 9.31. The number of halogens is 3. The number of aromatic nitrogens is 1. The highest BCUT2D eigenvalue weighted by Gasteiger charge is 2.27. The number of ether oxygens (including phenoxy) is 1. The van der Waals surface area contributed by atoms with Crippen molar-refractivity contribution in [3.63, 3.8) is 0 Å². The van der Waals surface area contributed by atoms with Gasteiger partial charge in [0.15, 0.2) is 11.4 Å². The van der Waals surface area contributed by atoms with Gasteiger partial charge < -0.3 is 25.5 Å². The summed E-state index contributed by atoms with van der Waals surface area (Å²) in [4.78, 5) is 39.0. The zero-order valence-electron chi connectivity index (χ0n) is 16.4. The van der Waals surface area contributed by atoms with Crippen LogP contribution < -0.4 is 16.2 Å². The van der Waals surface area contributed by atoms with E-state index in [1.54, 1.807) is 0 Å². The van der Waals surface area contributed by atoms with Gasteiger partial charge in [0.25, 0.3) is 11.8 Å². The first kappa shape index (κ1) is 22.5. The Labute approximate surface area is 180 Å². The number of nitrogens with zero attached hydrogens (tertiary/aromatic N) is 2. The average Bonchev–Trinajstić information content (AvgIpc) is 2.75. The SMILES string of the molecule is CN1CCOCCNn2cc(C(=O)NCc3ccc(F)c(Cl)c3F)c(=O)c(O)c2C1=O. The first-order valence-corrected chi connectivity index (χ1v) is 9.56. The molecule has 166 valence electrons. The number of benzene rings is 1. The van der Waals surface area contributed by atoms with Crippen molar-refractivity contribution in [1.82, 2.24) is 14.9 Å². The minimum atomic E-state index is -1.07. The molecule has 3 rings (SSSR count).